The van der Waals surface area contributed by atoms with Crippen molar-refractivity contribution >= 4 is 0 Å². The molecule has 0 saturated carbocycles. The maximum atomic E-state index is 6.21. The second-order valence-electron chi connectivity index (χ2n) is 6.42. The smallest absolute Gasteiger partial charge is 0.256 e. The van der Waals surface area contributed by atoms with Crippen molar-refractivity contribution in [3.8, 4) is 11.5 Å². The van der Waals surface area contributed by atoms with Crippen LogP contribution in [0.2, 0.25) is 0 Å². The summed E-state index contributed by atoms with van der Waals surface area (Å²) in [5, 5.41) is 7.81. The number of benzene rings is 1. The van der Waals surface area contributed by atoms with Crippen molar-refractivity contribution in [3.63, 3.8) is 0 Å². The Balaban J connectivity index is 1.74. The zero-order valence-corrected chi connectivity index (χ0v) is 12.7. The molecular formula is C16H21N3O2. The first kappa shape index (κ1) is 13.9. The van der Waals surface area contributed by atoms with Crippen LogP contribution in [-0.2, 0) is 6.54 Å². The first-order valence-corrected chi connectivity index (χ1v) is 7.31. The second-order valence-corrected chi connectivity index (χ2v) is 6.42. The van der Waals surface area contributed by atoms with E-state index < -0.39 is 5.79 Å². The number of ether oxygens (including phenoxy) is 2. The Labute approximate surface area is 124 Å². The molecule has 1 aromatic carbocycles. The minimum Gasteiger partial charge on any atom is -0.448 e. The number of fused-ring (bicyclic) bond motifs is 1. The van der Waals surface area contributed by atoms with Crippen LogP contribution in [0.4, 0.5) is 0 Å². The van der Waals surface area contributed by atoms with Crippen molar-refractivity contribution < 1.29 is 9.47 Å². The summed E-state index contributed by atoms with van der Waals surface area (Å²) >= 11 is 0. The van der Waals surface area contributed by atoms with E-state index in [4.69, 9.17) is 9.47 Å². The van der Waals surface area contributed by atoms with Crippen LogP contribution < -0.4 is 9.47 Å². The fraction of sp³-hybridized carbons (Fsp3) is 0.500. The van der Waals surface area contributed by atoms with E-state index in [2.05, 4.69) is 31.1 Å². The first-order valence-electron chi connectivity index (χ1n) is 7.31. The molecule has 0 saturated heterocycles. The van der Waals surface area contributed by atoms with Crippen LogP contribution >= 0.6 is 0 Å². The van der Waals surface area contributed by atoms with Crippen molar-refractivity contribution in [2.24, 2.45) is 5.41 Å². The minimum atomic E-state index is -0.628. The molecule has 5 heteroatoms. The van der Waals surface area contributed by atoms with Gasteiger partial charge in [-0.25, -0.2) is 0 Å². The molecule has 0 radical (unpaired) electrons. The predicted molar refractivity (Wildman–Crippen MR) is 79.1 cm³/mol. The number of hydrogen-bond acceptors (Lipinski definition) is 4. The maximum absolute atomic E-state index is 6.21. The number of aromatic nitrogens is 3. The van der Waals surface area contributed by atoms with Crippen LogP contribution in [0, 0.1) is 5.41 Å². The zero-order chi connectivity index (χ0) is 14.9. The van der Waals surface area contributed by atoms with E-state index in [0.717, 1.165) is 30.9 Å². The Bertz CT molecular complexity index is 577. The summed E-state index contributed by atoms with van der Waals surface area (Å²) in [6.45, 7) is 7.25. The molecule has 112 valence electrons. The third-order valence-corrected chi connectivity index (χ3v) is 3.91. The van der Waals surface area contributed by atoms with Crippen molar-refractivity contribution in [2.45, 2.75) is 45.9 Å². The molecule has 1 aliphatic heterocycles. The standard InChI is InChI=1S/C16H21N3O2/c1-15(2,3)16(9-6-11-19-12-10-17-18-19)20-13-7-4-5-8-14(13)21-16/h4-5,7-8,10,12H,6,9,11H2,1-3H3. The maximum Gasteiger partial charge on any atom is 0.256 e. The highest BCUT2D eigenvalue weighted by molar-refractivity contribution is 5.43. The second kappa shape index (κ2) is 5.06. The van der Waals surface area contributed by atoms with Crippen LogP contribution in [0.3, 0.4) is 0 Å². The van der Waals surface area contributed by atoms with E-state index >= 15 is 0 Å². The van der Waals surface area contributed by atoms with Crippen molar-refractivity contribution in [3.05, 3.63) is 36.7 Å². The highest BCUT2D eigenvalue weighted by Crippen LogP contribution is 2.48. The molecule has 21 heavy (non-hydrogen) atoms. The van der Waals surface area contributed by atoms with E-state index in [1.54, 1.807) is 6.20 Å². The largest absolute Gasteiger partial charge is 0.448 e. The van der Waals surface area contributed by atoms with E-state index in [-0.39, 0.29) is 5.41 Å². The van der Waals surface area contributed by atoms with E-state index in [0.29, 0.717) is 0 Å². The Kier molecular flexibility index (Phi) is 3.35. The zero-order valence-electron chi connectivity index (χ0n) is 12.7. The third kappa shape index (κ3) is 2.60. The van der Waals surface area contributed by atoms with Gasteiger partial charge in [0.25, 0.3) is 5.79 Å². The topological polar surface area (TPSA) is 49.2 Å². The van der Waals surface area contributed by atoms with Gasteiger partial charge in [0.1, 0.15) is 0 Å². The van der Waals surface area contributed by atoms with Crippen LogP contribution in [-0.4, -0.2) is 20.8 Å². The fourth-order valence-electron chi connectivity index (χ4n) is 2.60. The van der Waals surface area contributed by atoms with Gasteiger partial charge in [-0.1, -0.05) is 38.1 Å². The van der Waals surface area contributed by atoms with Gasteiger partial charge in [-0.2, -0.15) is 0 Å². The van der Waals surface area contributed by atoms with E-state index in [9.17, 15) is 0 Å². The van der Waals surface area contributed by atoms with Gasteiger partial charge in [-0.3, -0.25) is 4.68 Å². The molecular weight excluding hydrogens is 266 g/mol. The molecule has 1 aromatic heterocycles. The summed E-state index contributed by atoms with van der Waals surface area (Å²) in [4.78, 5) is 0. The lowest BCUT2D eigenvalue weighted by molar-refractivity contribution is -0.164. The summed E-state index contributed by atoms with van der Waals surface area (Å²) in [6, 6.07) is 7.85. The molecule has 2 heterocycles. The lowest BCUT2D eigenvalue weighted by Gasteiger charge is -2.39. The van der Waals surface area contributed by atoms with Gasteiger partial charge in [-0.15, -0.1) is 5.10 Å². The van der Waals surface area contributed by atoms with Gasteiger partial charge in [0.15, 0.2) is 11.5 Å². The highest BCUT2D eigenvalue weighted by atomic mass is 16.7. The van der Waals surface area contributed by atoms with Crippen LogP contribution in [0.5, 0.6) is 11.5 Å². The number of hydrogen-bond donors (Lipinski definition) is 0. The number of aryl methyl sites for hydroxylation is 1. The lowest BCUT2D eigenvalue weighted by atomic mass is 9.82. The van der Waals surface area contributed by atoms with Gasteiger partial charge in [0.2, 0.25) is 0 Å². The van der Waals surface area contributed by atoms with Crippen molar-refractivity contribution in [1.29, 1.82) is 0 Å². The highest BCUT2D eigenvalue weighted by Gasteiger charge is 2.50. The van der Waals surface area contributed by atoms with Gasteiger partial charge in [0, 0.05) is 24.6 Å². The van der Waals surface area contributed by atoms with Gasteiger partial charge < -0.3 is 9.47 Å². The molecule has 0 fully saturated rings. The molecule has 0 amide bonds. The molecule has 0 atom stereocenters. The Hall–Kier alpha value is -2.04. The van der Waals surface area contributed by atoms with Crippen molar-refractivity contribution in [2.75, 3.05) is 0 Å². The first-order chi connectivity index (χ1) is 10.0. The molecule has 3 rings (SSSR count). The molecule has 5 nitrogen and oxygen atoms in total. The summed E-state index contributed by atoms with van der Waals surface area (Å²) in [5.74, 6) is 1.03. The van der Waals surface area contributed by atoms with Gasteiger partial charge >= 0.3 is 0 Å². The summed E-state index contributed by atoms with van der Waals surface area (Å²) < 4.78 is 14.3. The molecule has 2 aromatic rings. The third-order valence-electron chi connectivity index (χ3n) is 3.91. The van der Waals surface area contributed by atoms with Crippen molar-refractivity contribution in [1.82, 2.24) is 15.0 Å². The van der Waals surface area contributed by atoms with Crippen LogP contribution in [0.25, 0.3) is 0 Å². The molecule has 0 aliphatic carbocycles. The monoisotopic (exact) mass is 287 g/mol. The molecule has 0 N–H and O–H groups in total. The molecule has 0 unspecified atom stereocenters. The predicted octanol–water partition coefficient (Wildman–Crippen LogP) is 3.27. The van der Waals surface area contributed by atoms with Gasteiger partial charge in [-0.05, 0) is 18.6 Å². The average molecular weight is 287 g/mol. The summed E-state index contributed by atoms with van der Waals surface area (Å²) in [5.41, 5.74) is -0.131. The fourth-order valence-corrected chi connectivity index (χ4v) is 2.60. The Morgan fingerprint density at radius 3 is 2.33 bits per heavy atom. The van der Waals surface area contributed by atoms with Gasteiger partial charge in [0.05, 0.1) is 6.20 Å². The molecule has 0 spiro atoms. The Morgan fingerprint density at radius 1 is 1.14 bits per heavy atom. The normalized spacial score (nSPS) is 16.1. The molecule has 0 bridgehead atoms. The quantitative estimate of drug-likeness (QED) is 0.866. The molecule has 1 aliphatic rings. The average Bonchev–Trinajstić information content (AvgIpc) is 3.04. The van der Waals surface area contributed by atoms with E-state index in [1.165, 1.54) is 0 Å². The minimum absolute atomic E-state index is 0.131. The summed E-state index contributed by atoms with van der Waals surface area (Å²) in [6.07, 6.45) is 5.27. The summed E-state index contributed by atoms with van der Waals surface area (Å²) in [7, 11) is 0. The number of rotatable bonds is 4. The number of nitrogens with zero attached hydrogens (tertiary/aromatic N) is 3. The van der Waals surface area contributed by atoms with Crippen LogP contribution in [0.1, 0.15) is 33.6 Å². The Morgan fingerprint density at radius 2 is 1.81 bits per heavy atom. The number of para-hydroxylation sites is 2. The van der Waals surface area contributed by atoms with Crippen LogP contribution in [0.15, 0.2) is 36.7 Å². The SMILES string of the molecule is CC(C)(C)C1(CCCn2ccnn2)Oc2ccccc2O1. The lowest BCUT2D eigenvalue weighted by Crippen LogP contribution is -2.50. The van der Waals surface area contributed by atoms with E-state index in [1.807, 2.05) is 35.1 Å².